The number of nitro groups is 1. The lowest BCUT2D eigenvalue weighted by atomic mass is 10.0. The quantitative estimate of drug-likeness (QED) is 0.149. The minimum Gasteiger partial charge on any atom is -0.294 e. The number of unbranched alkanes of at least 4 members (excludes halogenated alkanes) is 10. The minimum absolute atomic E-state index is 0.246. The second kappa shape index (κ2) is 15.1. The Morgan fingerprint density at radius 1 is 0.704 bits per heavy atom. The molecule has 0 amide bonds. The molecule has 0 aromatic heterocycles. The van der Waals surface area contributed by atoms with Crippen molar-refractivity contribution in [1.29, 1.82) is 0 Å². The van der Waals surface area contributed by atoms with E-state index in [9.17, 15) is 19.7 Å². The second-order valence-electron chi connectivity index (χ2n) is 7.21. The number of hydrogen-bond acceptors (Lipinski definition) is 4. The summed E-state index contributed by atoms with van der Waals surface area (Å²) in [5, 5.41) is 10.2. The van der Waals surface area contributed by atoms with E-state index in [1.807, 2.05) is 30.3 Å². The van der Waals surface area contributed by atoms with Crippen LogP contribution < -0.4 is 0 Å². The van der Waals surface area contributed by atoms with Crippen LogP contribution in [0.3, 0.4) is 0 Å². The number of rotatable bonds is 17. The predicted octanol–water partition coefficient (Wildman–Crippen LogP) is 5.79. The minimum atomic E-state index is -0.552. The van der Waals surface area contributed by atoms with Gasteiger partial charge < -0.3 is 0 Å². The molecule has 0 N–H and O–H groups in total. The number of Topliss-reactive ketones (excluding diaryl/α,β-unsaturated/α-hetero) is 2. The zero-order chi connectivity index (χ0) is 19.7. The summed E-state index contributed by atoms with van der Waals surface area (Å²) in [5.74, 6) is -0.0128. The maximum Gasteiger partial charge on any atom is 0.261 e. The molecule has 27 heavy (non-hydrogen) atoms. The molecule has 150 valence electrons. The molecule has 0 heterocycles. The number of ketones is 2. The Morgan fingerprint density at radius 3 is 1.63 bits per heavy atom. The molecule has 0 fully saturated rings. The van der Waals surface area contributed by atoms with Gasteiger partial charge in [-0.15, -0.1) is 0 Å². The first-order valence-electron chi connectivity index (χ1n) is 10.3. The van der Waals surface area contributed by atoms with Crippen LogP contribution in [0.15, 0.2) is 30.3 Å². The van der Waals surface area contributed by atoms with Gasteiger partial charge in [0.05, 0.1) is 0 Å². The monoisotopic (exact) mass is 375 g/mol. The van der Waals surface area contributed by atoms with Crippen LogP contribution in [-0.2, 0) is 4.79 Å². The fraction of sp³-hybridized carbons (Fsp3) is 0.636. The zero-order valence-electron chi connectivity index (χ0n) is 16.4. The van der Waals surface area contributed by atoms with E-state index >= 15 is 0 Å². The lowest BCUT2D eigenvalue weighted by Gasteiger charge is -2.03. The summed E-state index contributed by atoms with van der Waals surface area (Å²) in [6.07, 6.45) is 13.2. The van der Waals surface area contributed by atoms with Crippen molar-refractivity contribution in [2.75, 3.05) is 6.54 Å². The van der Waals surface area contributed by atoms with Gasteiger partial charge in [-0.05, 0) is 12.8 Å². The topological polar surface area (TPSA) is 77.3 Å². The van der Waals surface area contributed by atoms with E-state index in [0.717, 1.165) is 37.7 Å². The number of hydrogen-bond donors (Lipinski definition) is 0. The molecule has 0 unspecified atom stereocenters. The largest absolute Gasteiger partial charge is 0.294 e. The Kier molecular flexibility index (Phi) is 12.8. The molecular formula is C22H33NO4. The highest BCUT2D eigenvalue weighted by Crippen LogP contribution is 2.13. The van der Waals surface area contributed by atoms with Crippen LogP contribution >= 0.6 is 0 Å². The van der Waals surface area contributed by atoms with Crippen LogP contribution in [0.25, 0.3) is 0 Å². The fourth-order valence-corrected chi connectivity index (χ4v) is 3.19. The first-order chi connectivity index (χ1) is 13.1. The van der Waals surface area contributed by atoms with Crippen molar-refractivity contribution in [2.24, 2.45) is 0 Å². The molecule has 0 bridgehead atoms. The highest BCUT2D eigenvalue weighted by atomic mass is 16.6. The SMILES string of the molecule is O=C(CCCCCCCCCCCCCC(=O)c1ccccc1)C[N+](=O)[O-]. The Hall–Kier alpha value is -2.04. The molecule has 1 aromatic rings. The molecule has 0 aliphatic rings. The zero-order valence-corrected chi connectivity index (χ0v) is 16.4. The van der Waals surface area contributed by atoms with Gasteiger partial charge in [-0.25, -0.2) is 0 Å². The average molecular weight is 376 g/mol. The van der Waals surface area contributed by atoms with Crippen molar-refractivity contribution >= 4 is 11.6 Å². The molecule has 0 spiro atoms. The molecule has 0 aliphatic heterocycles. The van der Waals surface area contributed by atoms with E-state index in [1.54, 1.807) is 0 Å². The Bertz CT molecular complexity index is 557. The predicted molar refractivity (Wildman–Crippen MR) is 108 cm³/mol. The molecule has 5 nitrogen and oxygen atoms in total. The summed E-state index contributed by atoms with van der Waals surface area (Å²) >= 11 is 0. The summed E-state index contributed by atoms with van der Waals surface area (Å²) in [4.78, 5) is 32.8. The Morgan fingerprint density at radius 2 is 1.15 bits per heavy atom. The smallest absolute Gasteiger partial charge is 0.261 e. The molecule has 0 saturated heterocycles. The number of benzene rings is 1. The standard InChI is InChI=1S/C22H33NO4/c24-21(19-23(26)27)17-13-8-6-4-2-1-3-5-7-9-14-18-22(25)20-15-11-10-12-16-20/h10-12,15-16H,1-9,13-14,17-19H2. The normalized spacial score (nSPS) is 10.7. The van der Waals surface area contributed by atoms with Gasteiger partial charge in [0.1, 0.15) is 0 Å². The van der Waals surface area contributed by atoms with Crippen molar-refractivity contribution in [3.63, 3.8) is 0 Å². The van der Waals surface area contributed by atoms with Crippen LogP contribution in [0, 0.1) is 10.1 Å². The maximum atomic E-state index is 12.0. The lowest BCUT2D eigenvalue weighted by molar-refractivity contribution is -0.467. The van der Waals surface area contributed by atoms with Crippen molar-refractivity contribution in [3.05, 3.63) is 46.0 Å². The van der Waals surface area contributed by atoms with Gasteiger partial charge in [-0.3, -0.25) is 19.7 Å². The third kappa shape index (κ3) is 12.9. The summed E-state index contributed by atoms with van der Waals surface area (Å²) in [7, 11) is 0. The van der Waals surface area contributed by atoms with Crippen LogP contribution in [0.5, 0.6) is 0 Å². The molecule has 5 heteroatoms. The van der Waals surface area contributed by atoms with E-state index in [2.05, 4.69) is 0 Å². The Balaban J connectivity index is 1.82. The molecule has 0 radical (unpaired) electrons. The van der Waals surface area contributed by atoms with Crippen molar-refractivity contribution in [1.82, 2.24) is 0 Å². The second-order valence-corrected chi connectivity index (χ2v) is 7.21. The highest BCUT2D eigenvalue weighted by molar-refractivity contribution is 5.95. The van der Waals surface area contributed by atoms with E-state index < -0.39 is 11.5 Å². The van der Waals surface area contributed by atoms with Gasteiger partial charge in [0.2, 0.25) is 5.78 Å². The molecule has 1 aromatic carbocycles. The first kappa shape index (κ1) is 23.0. The van der Waals surface area contributed by atoms with E-state index in [4.69, 9.17) is 0 Å². The van der Waals surface area contributed by atoms with Crippen molar-refractivity contribution < 1.29 is 14.5 Å². The van der Waals surface area contributed by atoms with Crippen molar-refractivity contribution in [3.8, 4) is 0 Å². The van der Waals surface area contributed by atoms with Crippen LogP contribution in [0.1, 0.15) is 93.8 Å². The molecule has 0 aliphatic carbocycles. The summed E-state index contributed by atoms with van der Waals surface area (Å²) in [6.45, 7) is -0.527. The lowest BCUT2D eigenvalue weighted by Crippen LogP contribution is -2.12. The average Bonchev–Trinajstić information content (AvgIpc) is 2.65. The third-order valence-corrected chi connectivity index (χ3v) is 4.76. The van der Waals surface area contributed by atoms with Crippen molar-refractivity contribution in [2.45, 2.75) is 83.5 Å². The van der Waals surface area contributed by atoms with Gasteiger partial charge in [-0.2, -0.15) is 0 Å². The summed E-state index contributed by atoms with van der Waals surface area (Å²) in [5.41, 5.74) is 0.819. The van der Waals surface area contributed by atoms with Crippen LogP contribution in [0.2, 0.25) is 0 Å². The summed E-state index contributed by atoms with van der Waals surface area (Å²) < 4.78 is 0. The molecule has 0 saturated carbocycles. The van der Waals surface area contributed by atoms with E-state index in [0.29, 0.717) is 12.8 Å². The molecule has 1 rings (SSSR count). The van der Waals surface area contributed by atoms with Gasteiger partial charge in [-0.1, -0.05) is 88.1 Å². The molecular weight excluding hydrogens is 342 g/mol. The first-order valence-corrected chi connectivity index (χ1v) is 10.3. The summed E-state index contributed by atoms with van der Waals surface area (Å²) in [6, 6.07) is 9.50. The number of nitrogens with zero attached hydrogens (tertiary/aromatic N) is 1. The van der Waals surface area contributed by atoms with Gasteiger partial charge >= 0.3 is 0 Å². The van der Waals surface area contributed by atoms with E-state index in [-0.39, 0.29) is 11.6 Å². The van der Waals surface area contributed by atoms with Crippen LogP contribution in [-0.4, -0.2) is 23.0 Å². The van der Waals surface area contributed by atoms with Crippen LogP contribution in [0.4, 0.5) is 0 Å². The number of carbonyl (C=O) groups excluding carboxylic acids is 2. The highest BCUT2D eigenvalue weighted by Gasteiger charge is 2.08. The number of carbonyl (C=O) groups is 2. The Labute approximate surface area is 162 Å². The van der Waals surface area contributed by atoms with E-state index in [1.165, 1.54) is 38.5 Å². The third-order valence-electron chi connectivity index (χ3n) is 4.76. The van der Waals surface area contributed by atoms with Gasteiger partial charge in [0, 0.05) is 23.3 Å². The van der Waals surface area contributed by atoms with Gasteiger partial charge in [0.25, 0.3) is 6.54 Å². The molecule has 0 atom stereocenters. The maximum absolute atomic E-state index is 12.0. The van der Waals surface area contributed by atoms with Gasteiger partial charge in [0.15, 0.2) is 5.78 Å². The fourth-order valence-electron chi connectivity index (χ4n) is 3.19.